The summed E-state index contributed by atoms with van der Waals surface area (Å²) in [5.41, 5.74) is 1.52. The molecule has 0 fully saturated rings. The van der Waals surface area contributed by atoms with E-state index in [1.165, 1.54) is 24.3 Å². The zero-order valence-electron chi connectivity index (χ0n) is 13.7. The van der Waals surface area contributed by atoms with E-state index in [0.717, 1.165) is 11.6 Å². The number of benzene rings is 2. The number of anilines is 1. The number of aromatic nitrogens is 1. The van der Waals surface area contributed by atoms with Gasteiger partial charge in [0, 0.05) is 23.4 Å². The Morgan fingerprint density at radius 3 is 2.44 bits per heavy atom. The van der Waals surface area contributed by atoms with Crippen LogP contribution in [0.5, 0.6) is 5.75 Å². The van der Waals surface area contributed by atoms with Crippen molar-refractivity contribution in [2.75, 3.05) is 18.7 Å². The zero-order valence-corrected chi connectivity index (χ0v) is 14.5. The maximum atomic E-state index is 12.5. The quantitative estimate of drug-likeness (QED) is 0.777. The monoisotopic (exact) mass is 356 g/mol. The van der Waals surface area contributed by atoms with Gasteiger partial charge in [-0.25, -0.2) is 8.42 Å². The van der Waals surface area contributed by atoms with Gasteiger partial charge in [-0.15, -0.1) is 0 Å². The second-order valence-electron chi connectivity index (χ2n) is 5.47. The van der Waals surface area contributed by atoms with Gasteiger partial charge in [0.25, 0.3) is 5.91 Å². The molecule has 0 bridgehead atoms. The first-order valence-corrected chi connectivity index (χ1v) is 9.32. The predicted molar refractivity (Wildman–Crippen MR) is 95.8 cm³/mol. The van der Waals surface area contributed by atoms with Gasteiger partial charge in [0.15, 0.2) is 9.84 Å². The minimum Gasteiger partial charge on any atom is -0.496 e. The van der Waals surface area contributed by atoms with Gasteiger partial charge in [-0.2, -0.15) is 0 Å². The number of para-hydroxylation sites is 1. The first-order chi connectivity index (χ1) is 11.9. The Bertz CT molecular complexity index is 1040. The highest BCUT2D eigenvalue weighted by atomic mass is 32.2. The van der Waals surface area contributed by atoms with Crippen LogP contribution in [0, 0.1) is 0 Å². The van der Waals surface area contributed by atoms with E-state index in [1.807, 2.05) is 6.07 Å². The fourth-order valence-corrected chi connectivity index (χ4v) is 3.11. The van der Waals surface area contributed by atoms with Gasteiger partial charge in [0.1, 0.15) is 5.75 Å². The number of nitrogens with zero attached hydrogens (tertiary/aromatic N) is 1. The van der Waals surface area contributed by atoms with Gasteiger partial charge in [-0.1, -0.05) is 6.07 Å². The van der Waals surface area contributed by atoms with E-state index in [1.54, 1.807) is 31.5 Å². The number of rotatable bonds is 4. The number of methoxy groups -OCH3 is 1. The third-order valence-corrected chi connectivity index (χ3v) is 4.87. The normalized spacial score (nSPS) is 11.3. The molecule has 0 aliphatic carbocycles. The Balaban J connectivity index is 1.92. The molecule has 3 rings (SSSR count). The number of sulfone groups is 1. The third kappa shape index (κ3) is 3.46. The Kier molecular flexibility index (Phi) is 4.41. The number of fused-ring (bicyclic) bond motifs is 1. The zero-order chi connectivity index (χ0) is 18.0. The number of nitrogens with one attached hydrogen (secondary N) is 1. The number of pyridine rings is 1. The van der Waals surface area contributed by atoms with E-state index < -0.39 is 9.84 Å². The lowest BCUT2D eigenvalue weighted by atomic mass is 10.1. The van der Waals surface area contributed by atoms with Crippen molar-refractivity contribution in [1.82, 2.24) is 4.98 Å². The van der Waals surface area contributed by atoms with E-state index in [0.29, 0.717) is 22.5 Å². The van der Waals surface area contributed by atoms with Crippen LogP contribution in [0.1, 0.15) is 10.4 Å². The van der Waals surface area contributed by atoms with Crippen LogP contribution in [0.25, 0.3) is 10.9 Å². The minimum atomic E-state index is -3.30. The molecule has 6 nitrogen and oxygen atoms in total. The van der Waals surface area contributed by atoms with Crippen molar-refractivity contribution >= 4 is 32.3 Å². The van der Waals surface area contributed by atoms with Gasteiger partial charge < -0.3 is 10.1 Å². The van der Waals surface area contributed by atoms with Crippen LogP contribution in [0.3, 0.4) is 0 Å². The molecule has 1 aromatic heterocycles. The second kappa shape index (κ2) is 6.52. The molecular formula is C18H16N2O4S. The van der Waals surface area contributed by atoms with Crippen molar-refractivity contribution in [3.05, 3.63) is 60.3 Å². The molecule has 0 unspecified atom stereocenters. The fourth-order valence-electron chi connectivity index (χ4n) is 2.48. The molecule has 0 aliphatic rings. The van der Waals surface area contributed by atoms with Crippen molar-refractivity contribution in [2.45, 2.75) is 4.90 Å². The highest BCUT2D eigenvalue weighted by molar-refractivity contribution is 7.90. The van der Waals surface area contributed by atoms with Gasteiger partial charge in [-0.3, -0.25) is 9.78 Å². The summed E-state index contributed by atoms with van der Waals surface area (Å²) in [6.45, 7) is 0. The topological polar surface area (TPSA) is 85.4 Å². The lowest BCUT2D eigenvalue weighted by molar-refractivity contribution is 0.102. The maximum Gasteiger partial charge on any atom is 0.255 e. The highest BCUT2D eigenvalue weighted by Crippen LogP contribution is 2.28. The molecular weight excluding hydrogens is 340 g/mol. The van der Waals surface area contributed by atoms with Crippen molar-refractivity contribution in [3.63, 3.8) is 0 Å². The van der Waals surface area contributed by atoms with Gasteiger partial charge in [0.05, 0.1) is 23.2 Å². The van der Waals surface area contributed by atoms with Crippen molar-refractivity contribution in [3.8, 4) is 5.75 Å². The van der Waals surface area contributed by atoms with E-state index in [9.17, 15) is 13.2 Å². The standard InChI is InChI=1S/C18H16N2O4S/c1-24-16-10-11-19-17-14(16)4-3-5-15(17)20-18(21)12-6-8-13(9-7-12)25(2,22)23/h3-11H,1-2H3,(H,20,21). The third-order valence-electron chi connectivity index (χ3n) is 3.74. The summed E-state index contributed by atoms with van der Waals surface area (Å²) in [5, 5.41) is 3.59. The Hall–Kier alpha value is -2.93. The molecule has 7 heteroatoms. The molecule has 1 amide bonds. The summed E-state index contributed by atoms with van der Waals surface area (Å²) in [5.74, 6) is 0.316. The first kappa shape index (κ1) is 16.9. The Morgan fingerprint density at radius 1 is 1.08 bits per heavy atom. The van der Waals surface area contributed by atoms with Crippen LogP contribution >= 0.6 is 0 Å². The molecule has 25 heavy (non-hydrogen) atoms. The van der Waals surface area contributed by atoms with Gasteiger partial charge in [-0.05, 0) is 42.5 Å². The predicted octanol–water partition coefficient (Wildman–Crippen LogP) is 2.90. The summed E-state index contributed by atoms with van der Waals surface area (Å²) in [6.07, 6.45) is 2.73. The Labute approximate surface area is 145 Å². The number of hydrogen-bond donors (Lipinski definition) is 1. The van der Waals surface area contributed by atoms with Crippen LogP contribution in [0.2, 0.25) is 0 Å². The van der Waals surface area contributed by atoms with Crippen LogP contribution in [-0.2, 0) is 9.84 Å². The number of hydrogen-bond acceptors (Lipinski definition) is 5. The highest BCUT2D eigenvalue weighted by Gasteiger charge is 2.12. The average Bonchev–Trinajstić information content (AvgIpc) is 2.61. The fraction of sp³-hybridized carbons (Fsp3) is 0.111. The van der Waals surface area contributed by atoms with E-state index in [4.69, 9.17) is 4.74 Å². The van der Waals surface area contributed by atoms with Gasteiger partial charge in [0.2, 0.25) is 0 Å². The summed E-state index contributed by atoms with van der Waals surface area (Å²) in [6, 6.07) is 12.9. The summed E-state index contributed by atoms with van der Waals surface area (Å²) in [7, 11) is -1.72. The molecule has 0 saturated carbocycles. The van der Waals surface area contributed by atoms with Crippen molar-refractivity contribution < 1.29 is 17.9 Å². The van der Waals surface area contributed by atoms with E-state index in [-0.39, 0.29) is 10.8 Å². The lowest BCUT2D eigenvalue weighted by Crippen LogP contribution is -2.12. The van der Waals surface area contributed by atoms with E-state index >= 15 is 0 Å². The molecule has 2 aromatic carbocycles. The minimum absolute atomic E-state index is 0.167. The summed E-state index contributed by atoms with van der Waals surface area (Å²) in [4.78, 5) is 16.9. The molecule has 0 spiro atoms. The van der Waals surface area contributed by atoms with E-state index in [2.05, 4.69) is 10.3 Å². The molecule has 3 aromatic rings. The Morgan fingerprint density at radius 2 is 1.80 bits per heavy atom. The lowest BCUT2D eigenvalue weighted by Gasteiger charge is -2.10. The molecule has 0 saturated heterocycles. The number of carbonyl (C=O) groups excluding carboxylic acids is 1. The maximum absolute atomic E-state index is 12.5. The number of ether oxygens (including phenoxy) is 1. The second-order valence-corrected chi connectivity index (χ2v) is 7.48. The SMILES string of the molecule is COc1ccnc2c(NC(=O)c3ccc(S(C)(=O)=O)cc3)cccc12. The number of amides is 1. The molecule has 128 valence electrons. The van der Waals surface area contributed by atoms with Crippen LogP contribution in [0.15, 0.2) is 59.6 Å². The van der Waals surface area contributed by atoms with Gasteiger partial charge >= 0.3 is 0 Å². The van der Waals surface area contributed by atoms with Crippen molar-refractivity contribution in [2.24, 2.45) is 0 Å². The van der Waals surface area contributed by atoms with Crippen LogP contribution in [-0.4, -0.2) is 32.7 Å². The molecule has 0 radical (unpaired) electrons. The largest absolute Gasteiger partial charge is 0.496 e. The summed E-state index contributed by atoms with van der Waals surface area (Å²) >= 11 is 0. The van der Waals surface area contributed by atoms with Crippen LogP contribution < -0.4 is 10.1 Å². The van der Waals surface area contributed by atoms with Crippen molar-refractivity contribution in [1.29, 1.82) is 0 Å². The molecule has 0 aliphatic heterocycles. The number of carbonyl (C=O) groups is 1. The smallest absolute Gasteiger partial charge is 0.255 e. The summed E-state index contributed by atoms with van der Waals surface area (Å²) < 4.78 is 28.3. The van der Waals surface area contributed by atoms with Crippen LogP contribution in [0.4, 0.5) is 5.69 Å². The first-order valence-electron chi connectivity index (χ1n) is 7.43. The molecule has 1 N–H and O–H groups in total. The molecule has 0 atom stereocenters. The molecule has 1 heterocycles. The average molecular weight is 356 g/mol.